The lowest BCUT2D eigenvalue weighted by Crippen LogP contribution is -2.34. The molecule has 2 heterocycles. The zero-order chi connectivity index (χ0) is 15.0. The lowest BCUT2D eigenvalue weighted by atomic mass is 10.1. The van der Waals surface area contributed by atoms with Crippen molar-refractivity contribution < 1.29 is 14.3 Å². The molecule has 0 bridgehead atoms. The van der Waals surface area contributed by atoms with Gasteiger partial charge in [-0.2, -0.15) is 0 Å². The summed E-state index contributed by atoms with van der Waals surface area (Å²) < 4.78 is 5.30. The Morgan fingerprint density at radius 3 is 2.95 bits per heavy atom. The molecule has 22 heavy (non-hydrogen) atoms. The first-order valence-corrected chi connectivity index (χ1v) is 7.16. The van der Waals surface area contributed by atoms with Crippen LogP contribution in [0, 0.1) is 5.92 Å². The smallest absolute Gasteiger partial charge is 0.262 e. The van der Waals surface area contributed by atoms with Gasteiger partial charge in [0.1, 0.15) is 5.75 Å². The normalized spacial score (nSPS) is 23.2. The average Bonchev–Trinajstić information content (AvgIpc) is 2.87. The zero-order valence-electron chi connectivity index (χ0n) is 12.4. The van der Waals surface area contributed by atoms with Gasteiger partial charge < -0.3 is 20.7 Å². The predicted molar refractivity (Wildman–Crippen MR) is 85.5 cm³/mol. The SMILES string of the molecule is CC1CC(CN)CN1C(=O)c1ccc2c(c1)NC(=O)CO2.Cl. The third-order valence-corrected chi connectivity index (χ3v) is 4.11. The molecule has 2 amide bonds. The van der Waals surface area contributed by atoms with E-state index in [1.807, 2.05) is 11.8 Å². The molecule has 2 aliphatic rings. The molecule has 0 aromatic heterocycles. The van der Waals surface area contributed by atoms with Crippen LogP contribution in [0.25, 0.3) is 0 Å². The first-order chi connectivity index (χ1) is 10.1. The highest BCUT2D eigenvalue weighted by Crippen LogP contribution is 2.30. The maximum Gasteiger partial charge on any atom is 0.262 e. The van der Waals surface area contributed by atoms with Crippen LogP contribution in [-0.2, 0) is 4.79 Å². The predicted octanol–water partition coefficient (Wildman–Crippen LogP) is 1.25. The summed E-state index contributed by atoms with van der Waals surface area (Å²) in [6, 6.07) is 5.33. The molecule has 2 unspecified atom stereocenters. The van der Waals surface area contributed by atoms with Crippen molar-refractivity contribution in [1.29, 1.82) is 0 Å². The summed E-state index contributed by atoms with van der Waals surface area (Å²) in [5.41, 5.74) is 6.82. The van der Waals surface area contributed by atoms with Gasteiger partial charge in [0.15, 0.2) is 6.61 Å². The Labute approximate surface area is 135 Å². The van der Waals surface area contributed by atoms with Gasteiger partial charge >= 0.3 is 0 Å². The molecule has 2 aliphatic heterocycles. The molecule has 1 saturated heterocycles. The molecular formula is C15H20ClN3O3. The Morgan fingerprint density at radius 1 is 1.50 bits per heavy atom. The van der Waals surface area contributed by atoms with Crippen molar-refractivity contribution in [2.75, 3.05) is 25.0 Å². The number of likely N-dealkylation sites (tertiary alicyclic amines) is 1. The molecule has 2 atom stereocenters. The highest BCUT2D eigenvalue weighted by atomic mass is 35.5. The van der Waals surface area contributed by atoms with E-state index in [1.165, 1.54) is 0 Å². The van der Waals surface area contributed by atoms with Crippen LogP contribution in [-0.4, -0.2) is 42.5 Å². The van der Waals surface area contributed by atoms with Crippen LogP contribution in [0.4, 0.5) is 5.69 Å². The number of halogens is 1. The molecule has 6 nitrogen and oxygen atoms in total. The fourth-order valence-electron chi connectivity index (χ4n) is 2.98. The minimum atomic E-state index is -0.204. The molecule has 3 N–H and O–H groups in total. The van der Waals surface area contributed by atoms with E-state index in [-0.39, 0.29) is 36.9 Å². The van der Waals surface area contributed by atoms with Gasteiger partial charge in [-0.25, -0.2) is 0 Å². The standard InChI is InChI=1S/C15H19N3O3.ClH/c1-9-4-10(6-16)7-18(9)15(20)11-2-3-13-12(5-11)17-14(19)8-21-13;/h2-3,5,9-10H,4,6-8,16H2,1H3,(H,17,19);1H. The Balaban J connectivity index is 0.00000176. The molecule has 0 aliphatic carbocycles. The summed E-state index contributed by atoms with van der Waals surface area (Å²) >= 11 is 0. The number of nitrogens with one attached hydrogen (secondary N) is 1. The lowest BCUT2D eigenvalue weighted by Gasteiger charge is -2.23. The van der Waals surface area contributed by atoms with E-state index in [4.69, 9.17) is 10.5 Å². The number of benzene rings is 1. The molecule has 1 aromatic rings. The molecule has 7 heteroatoms. The number of ether oxygens (including phenoxy) is 1. The number of carbonyl (C=O) groups excluding carboxylic acids is 2. The number of amides is 2. The van der Waals surface area contributed by atoms with Crippen molar-refractivity contribution in [3.05, 3.63) is 23.8 Å². The highest BCUT2D eigenvalue weighted by molar-refractivity contribution is 6.00. The van der Waals surface area contributed by atoms with E-state index in [9.17, 15) is 9.59 Å². The van der Waals surface area contributed by atoms with Crippen LogP contribution < -0.4 is 15.8 Å². The third kappa shape index (κ3) is 3.03. The van der Waals surface area contributed by atoms with E-state index in [1.54, 1.807) is 18.2 Å². The Hall–Kier alpha value is -1.79. The number of fused-ring (bicyclic) bond motifs is 1. The largest absolute Gasteiger partial charge is 0.482 e. The minimum absolute atomic E-state index is 0. The average molecular weight is 326 g/mol. The number of nitrogens with two attached hydrogens (primary N) is 1. The molecule has 1 aromatic carbocycles. The van der Waals surface area contributed by atoms with Crippen molar-refractivity contribution in [2.24, 2.45) is 11.7 Å². The summed E-state index contributed by atoms with van der Waals surface area (Å²) in [4.78, 5) is 25.8. The number of rotatable bonds is 2. The van der Waals surface area contributed by atoms with Gasteiger partial charge in [0.2, 0.25) is 0 Å². The number of hydrogen-bond donors (Lipinski definition) is 2. The van der Waals surface area contributed by atoms with Crippen molar-refractivity contribution in [3.8, 4) is 5.75 Å². The van der Waals surface area contributed by atoms with Crippen LogP contribution in [0.15, 0.2) is 18.2 Å². The third-order valence-electron chi connectivity index (χ3n) is 4.11. The summed E-state index contributed by atoms with van der Waals surface area (Å²) in [7, 11) is 0. The molecule has 1 fully saturated rings. The molecule has 3 rings (SSSR count). The zero-order valence-corrected chi connectivity index (χ0v) is 13.2. The van der Waals surface area contributed by atoms with E-state index in [0.717, 1.165) is 6.42 Å². The van der Waals surface area contributed by atoms with E-state index < -0.39 is 0 Å². The van der Waals surface area contributed by atoms with Crippen LogP contribution in [0.5, 0.6) is 5.75 Å². The van der Waals surface area contributed by atoms with Gasteiger partial charge in [0.25, 0.3) is 11.8 Å². The van der Waals surface area contributed by atoms with Gasteiger partial charge in [0.05, 0.1) is 5.69 Å². The van der Waals surface area contributed by atoms with E-state index in [2.05, 4.69) is 5.32 Å². The van der Waals surface area contributed by atoms with Crippen LogP contribution in [0.2, 0.25) is 0 Å². The summed E-state index contributed by atoms with van der Waals surface area (Å²) in [6.45, 7) is 3.34. The number of hydrogen-bond acceptors (Lipinski definition) is 4. The van der Waals surface area contributed by atoms with E-state index in [0.29, 0.717) is 36.0 Å². The maximum absolute atomic E-state index is 12.6. The Morgan fingerprint density at radius 2 is 2.27 bits per heavy atom. The first-order valence-electron chi connectivity index (χ1n) is 7.16. The van der Waals surface area contributed by atoms with Crippen molar-refractivity contribution in [2.45, 2.75) is 19.4 Å². The van der Waals surface area contributed by atoms with Crippen LogP contribution in [0.1, 0.15) is 23.7 Å². The van der Waals surface area contributed by atoms with E-state index >= 15 is 0 Å². The molecule has 0 spiro atoms. The van der Waals surface area contributed by atoms with Crippen molar-refractivity contribution in [1.82, 2.24) is 4.90 Å². The van der Waals surface area contributed by atoms with Gasteiger partial charge in [-0.05, 0) is 44.0 Å². The maximum atomic E-state index is 12.6. The van der Waals surface area contributed by atoms with Gasteiger partial charge in [-0.1, -0.05) is 0 Å². The fourth-order valence-corrected chi connectivity index (χ4v) is 2.98. The second-order valence-corrected chi connectivity index (χ2v) is 5.69. The van der Waals surface area contributed by atoms with Gasteiger partial charge in [-0.15, -0.1) is 12.4 Å². The Bertz CT molecular complexity index is 593. The second kappa shape index (κ2) is 6.54. The van der Waals surface area contributed by atoms with Crippen LogP contribution >= 0.6 is 12.4 Å². The molecule has 0 radical (unpaired) electrons. The lowest BCUT2D eigenvalue weighted by molar-refractivity contribution is -0.118. The topological polar surface area (TPSA) is 84.7 Å². The van der Waals surface area contributed by atoms with Gasteiger partial charge in [0, 0.05) is 18.2 Å². The number of anilines is 1. The number of carbonyl (C=O) groups is 2. The monoisotopic (exact) mass is 325 g/mol. The van der Waals surface area contributed by atoms with Crippen molar-refractivity contribution in [3.63, 3.8) is 0 Å². The molecule has 120 valence electrons. The fraction of sp³-hybridized carbons (Fsp3) is 0.467. The Kier molecular flexibility index (Phi) is 4.93. The first kappa shape index (κ1) is 16.6. The quantitative estimate of drug-likeness (QED) is 0.857. The summed E-state index contributed by atoms with van der Waals surface area (Å²) in [5.74, 6) is 0.732. The highest BCUT2D eigenvalue weighted by Gasteiger charge is 2.32. The molecular weight excluding hydrogens is 306 g/mol. The van der Waals surface area contributed by atoms with Gasteiger partial charge in [-0.3, -0.25) is 9.59 Å². The second-order valence-electron chi connectivity index (χ2n) is 5.69. The van der Waals surface area contributed by atoms with Crippen LogP contribution in [0.3, 0.4) is 0 Å². The number of nitrogens with zero attached hydrogens (tertiary/aromatic N) is 1. The summed E-state index contributed by atoms with van der Waals surface area (Å²) in [6.07, 6.45) is 0.938. The minimum Gasteiger partial charge on any atom is -0.482 e. The summed E-state index contributed by atoms with van der Waals surface area (Å²) in [5, 5.41) is 2.72. The van der Waals surface area contributed by atoms with Crippen molar-refractivity contribution >= 4 is 29.9 Å². The molecule has 0 saturated carbocycles.